The van der Waals surface area contributed by atoms with Crippen LogP contribution in [0.3, 0.4) is 0 Å². The Labute approximate surface area is 160 Å². The monoisotopic (exact) mass is 372 g/mol. The SMILES string of the molecule is C[C@H](NC(=O)C1(c2ccc3c(c2)OCCO3)CCCC1)C(=O)N1CCCC1. The Bertz CT molecular complexity index is 721. The van der Waals surface area contributed by atoms with E-state index in [1.807, 2.05) is 23.1 Å². The molecule has 146 valence electrons. The number of benzene rings is 1. The fourth-order valence-corrected chi connectivity index (χ4v) is 4.57. The molecule has 0 unspecified atom stereocenters. The summed E-state index contributed by atoms with van der Waals surface area (Å²) in [6.45, 7) is 4.47. The first-order chi connectivity index (χ1) is 13.1. The second kappa shape index (κ2) is 7.41. The van der Waals surface area contributed by atoms with Crippen LogP contribution >= 0.6 is 0 Å². The lowest BCUT2D eigenvalue weighted by atomic mass is 9.77. The van der Waals surface area contributed by atoms with Gasteiger partial charge in [-0.15, -0.1) is 0 Å². The van der Waals surface area contributed by atoms with Crippen molar-refractivity contribution in [3.05, 3.63) is 23.8 Å². The van der Waals surface area contributed by atoms with Gasteiger partial charge in [0.05, 0.1) is 5.41 Å². The minimum atomic E-state index is -0.588. The summed E-state index contributed by atoms with van der Waals surface area (Å²) in [4.78, 5) is 27.8. The molecule has 2 aliphatic heterocycles. The topological polar surface area (TPSA) is 67.9 Å². The van der Waals surface area contributed by atoms with Crippen LogP contribution in [-0.4, -0.2) is 49.1 Å². The zero-order valence-electron chi connectivity index (χ0n) is 16.0. The van der Waals surface area contributed by atoms with Crippen molar-refractivity contribution in [2.24, 2.45) is 0 Å². The maximum absolute atomic E-state index is 13.3. The summed E-state index contributed by atoms with van der Waals surface area (Å²) in [6, 6.07) is 5.33. The summed E-state index contributed by atoms with van der Waals surface area (Å²) in [5, 5.41) is 3.02. The summed E-state index contributed by atoms with van der Waals surface area (Å²) in [5.41, 5.74) is 0.373. The molecule has 6 nitrogen and oxygen atoms in total. The van der Waals surface area contributed by atoms with Gasteiger partial charge in [-0.3, -0.25) is 9.59 Å². The fourth-order valence-electron chi connectivity index (χ4n) is 4.57. The zero-order valence-corrected chi connectivity index (χ0v) is 16.0. The average Bonchev–Trinajstić information content (AvgIpc) is 3.39. The molecule has 1 aromatic carbocycles. The first-order valence-electron chi connectivity index (χ1n) is 10.1. The van der Waals surface area contributed by atoms with Crippen molar-refractivity contribution in [2.45, 2.75) is 56.9 Å². The van der Waals surface area contributed by atoms with Crippen LogP contribution in [0.5, 0.6) is 11.5 Å². The summed E-state index contributed by atoms with van der Waals surface area (Å²) in [7, 11) is 0. The Balaban J connectivity index is 1.54. The Morgan fingerprint density at radius 2 is 1.70 bits per heavy atom. The quantitative estimate of drug-likeness (QED) is 0.881. The van der Waals surface area contributed by atoms with E-state index in [0.29, 0.717) is 19.0 Å². The molecule has 0 bridgehead atoms. The molecule has 27 heavy (non-hydrogen) atoms. The van der Waals surface area contributed by atoms with Gasteiger partial charge in [0.1, 0.15) is 19.3 Å². The van der Waals surface area contributed by atoms with Crippen LogP contribution in [-0.2, 0) is 15.0 Å². The number of carbonyl (C=O) groups excluding carboxylic acids is 2. The standard InChI is InChI=1S/C21H28N2O4/c1-15(19(24)23-10-4-5-11-23)22-20(25)21(8-2-3-9-21)16-6-7-17-18(14-16)27-13-12-26-17/h6-7,14-15H,2-5,8-13H2,1H3,(H,22,25)/t15-/m0/s1. The number of ether oxygens (including phenoxy) is 2. The number of hydrogen-bond acceptors (Lipinski definition) is 4. The molecule has 1 aromatic rings. The van der Waals surface area contributed by atoms with Gasteiger partial charge < -0.3 is 19.7 Å². The molecule has 0 radical (unpaired) electrons. The Morgan fingerprint density at radius 1 is 1.04 bits per heavy atom. The average molecular weight is 372 g/mol. The van der Waals surface area contributed by atoms with E-state index in [0.717, 1.165) is 62.9 Å². The van der Waals surface area contributed by atoms with Crippen LogP contribution in [0.15, 0.2) is 18.2 Å². The van der Waals surface area contributed by atoms with Gasteiger partial charge in [0.15, 0.2) is 11.5 Å². The molecule has 0 spiro atoms. The summed E-state index contributed by atoms with van der Waals surface area (Å²) in [5.74, 6) is 1.42. The molecule has 2 fully saturated rings. The Kier molecular flexibility index (Phi) is 4.98. The second-order valence-corrected chi connectivity index (χ2v) is 7.88. The van der Waals surface area contributed by atoms with E-state index in [9.17, 15) is 9.59 Å². The first-order valence-corrected chi connectivity index (χ1v) is 10.1. The van der Waals surface area contributed by atoms with Gasteiger partial charge in [-0.05, 0) is 50.3 Å². The molecule has 1 N–H and O–H groups in total. The van der Waals surface area contributed by atoms with E-state index < -0.39 is 11.5 Å². The molecule has 1 saturated heterocycles. The lowest BCUT2D eigenvalue weighted by Crippen LogP contribution is -2.51. The van der Waals surface area contributed by atoms with Crippen LogP contribution in [0.4, 0.5) is 0 Å². The molecule has 6 heteroatoms. The fraction of sp³-hybridized carbons (Fsp3) is 0.619. The van der Waals surface area contributed by atoms with E-state index >= 15 is 0 Å². The molecular formula is C21H28N2O4. The van der Waals surface area contributed by atoms with Crippen molar-refractivity contribution in [2.75, 3.05) is 26.3 Å². The largest absolute Gasteiger partial charge is 0.486 e. The van der Waals surface area contributed by atoms with Crippen molar-refractivity contribution in [3.8, 4) is 11.5 Å². The summed E-state index contributed by atoms with van der Waals surface area (Å²) < 4.78 is 11.3. The number of amides is 2. The maximum atomic E-state index is 13.3. The van der Waals surface area contributed by atoms with Gasteiger partial charge in [0.25, 0.3) is 0 Å². The number of likely N-dealkylation sites (tertiary alicyclic amines) is 1. The normalized spacial score (nSPS) is 21.7. The highest BCUT2D eigenvalue weighted by atomic mass is 16.6. The van der Waals surface area contributed by atoms with E-state index in [4.69, 9.17) is 9.47 Å². The molecule has 3 aliphatic rings. The zero-order chi connectivity index (χ0) is 18.9. The van der Waals surface area contributed by atoms with E-state index in [2.05, 4.69) is 5.32 Å². The van der Waals surface area contributed by atoms with Gasteiger partial charge >= 0.3 is 0 Å². The smallest absolute Gasteiger partial charge is 0.244 e. The number of carbonyl (C=O) groups is 2. The minimum absolute atomic E-state index is 0.0242. The van der Waals surface area contributed by atoms with Crippen LogP contribution in [0.1, 0.15) is 51.0 Å². The molecule has 2 heterocycles. The Hall–Kier alpha value is -2.24. The van der Waals surface area contributed by atoms with Gasteiger partial charge in [-0.2, -0.15) is 0 Å². The maximum Gasteiger partial charge on any atom is 0.244 e. The van der Waals surface area contributed by atoms with Crippen molar-refractivity contribution in [1.82, 2.24) is 10.2 Å². The van der Waals surface area contributed by atoms with E-state index in [1.165, 1.54) is 0 Å². The number of nitrogens with one attached hydrogen (secondary N) is 1. The van der Waals surface area contributed by atoms with Crippen LogP contribution in [0.2, 0.25) is 0 Å². The number of nitrogens with zero attached hydrogens (tertiary/aromatic N) is 1. The predicted octanol–water partition coefficient (Wildman–Crippen LogP) is 2.40. The summed E-state index contributed by atoms with van der Waals surface area (Å²) >= 11 is 0. The number of rotatable bonds is 4. The number of hydrogen-bond donors (Lipinski definition) is 1. The molecule has 1 aliphatic carbocycles. The third-order valence-corrected chi connectivity index (χ3v) is 6.12. The lowest BCUT2D eigenvalue weighted by Gasteiger charge is -2.31. The molecule has 2 amide bonds. The van der Waals surface area contributed by atoms with E-state index in [1.54, 1.807) is 6.92 Å². The van der Waals surface area contributed by atoms with E-state index in [-0.39, 0.29) is 11.8 Å². The van der Waals surface area contributed by atoms with Crippen molar-refractivity contribution < 1.29 is 19.1 Å². The minimum Gasteiger partial charge on any atom is -0.486 e. The molecule has 1 atom stereocenters. The highest BCUT2D eigenvalue weighted by Crippen LogP contribution is 2.44. The highest BCUT2D eigenvalue weighted by Gasteiger charge is 2.44. The second-order valence-electron chi connectivity index (χ2n) is 7.88. The van der Waals surface area contributed by atoms with Crippen molar-refractivity contribution >= 4 is 11.8 Å². The first kappa shape index (κ1) is 18.1. The molecule has 4 rings (SSSR count). The molecule has 1 saturated carbocycles. The lowest BCUT2D eigenvalue weighted by molar-refractivity contribution is -0.136. The van der Waals surface area contributed by atoms with Gasteiger partial charge in [0.2, 0.25) is 11.8 Å². The molecular weight excluding hydrogens is 344 g/mol. The predicted molar refractivity (Wildman–Crippen MR) is 101 cm³/mol. The third-order valence-electron chi connectivity index (χ3n) is 6.12. The van der Waals surface area contributed by atoms with Crippen molar-refractivity contribution in [1.29, 1.82) is 0 Å². The third kappa shape index (κ3) is 3.37. The Morgan fingerprint density at radius 3 is 2.41 bits per heavy atom. The van der Waals surface area contributed by atoms with Crippen LogP contribution in [0.25, 0.3) is 0 Å². The van der Waals surface area contributed by atoms with Gasteiger partial charge in [-0.1, -0.05) is 18.9 Å². The van der Waals surface area contributed by atoms with Crippen molar-refractivity contribution in [3.63, 3.8) is 0 Å². The van der Waals surface area contributed by atoms with Gasteiger partial charge in [-0.25, -0.2) is 0 Å². The summed E-state index contributed by atoms with van der Waals surface area (Å²) in [6.07, 6.45) is 5.71. The number of fused-ring (bicyclic) bond motifs is 1. The van der Waals surface area contributed by atoms with Crippen LogP contribution < -0.4 is 14.8 Å². The highest BCUT2D eigenvalue weighted by molar-refractivity contribution is 5.93. The van der Waals surface area contributed by atoms with Gasteiger partial charge in [0, 0.05) is 13.1 Å². The molecule has 0 aromatic heterocycles. The van der Waals surface area contributed by atoms with Crippen LogP contribution in [0, 0.1) is 0 Å².